The Bertz CT molecular complexity index is 877. The number of carbonyl (C=O) groups is 3. The van der Waals surface area contributed by atoms with Gasteiger partial charge in [0.1, 0.15) is 6.04 Å². The van der Waals surface area contributed by atoms with Gasteiger partial charge in [0.05, 0.1) is 0 Å². The third-order valence-corrected chi connectivity index (χ3v) is 4.45. The molecule has 3 N–H and O–H groups in total. The van der Waals surface area contributed by atoms with Crippen molar-refractivity contribution in [1.82, 2.24) is 10.6 Å². The fourth-order valence-corrected chi connectivity index (χ4v) is 3.00. The molecular weight excluding hydrogens is 366 g/mol. The molecule has 3 amide bonds. The minimum Gasteiger partial charge on any atom is -0.352 e. The molecule has 0 spiro atoms. The SMILES string of the molecule is CCNC(=O)c1cccc(NC(=O)C(CC(C)C)NC(=O)c2ccccc2C)c1. The summed E-state index contributed by atoms with van der Waals surface area (Å²) < 4.78 is 0. The fraction of sp³-hybridized carbons (Fsp3) is 0.348. The van der Waals surface area contributed by atoms with Crippen molar-refractivity contribution < 1.29 is 14.4 Å². The van der Waals surface area contributed by atoms with E-state index in [4.69, 9.17) is 0 Å². The number of hydrogen-bond acceptors (Lipinski definition) is 3. The predicted octanol–water partition coefficient (Wildman–Crippen LogP) is 3.53. The lowest BCUT2D eigenvalue weighted by Crippen LogP contribution is -2.44. The summed E-state index contributed by atoms with van der Waals surface area (Å²) in [5.41, 5.74) is 2.38. The van der Waals surface area contributed by atoms with E-state index in [0.29, 0.717) is 29.8 Å². The molecule has 1 unspecified atom stereocenters. The monoisotopic (exact) mass is 395 g/mol. The standard InChI is InChI=1S/C23H29N3O3/c1-5-24-21(27)17-10-8-11-18(14-17)25-23(29)20(13-15(2)3)26-22(28)19-12-7-6-9-16(19)4/h6-12,14-15,20H,5,13H2,1-4H3,(H,24,27)(H,25,29)(H,26,28). The molecule has 0 saturated carbocycles. The predicted molar refractivity (Wildman–Crippen MR) is 115 cm³/mol. The molecule has 0 bridgehead atoms. The largest absolute Gasteiger partial charge is 0.352 e. The van der Waals surface area contributed by atoms with E-state index in [0.717, 1.165) is 5.56 Å². The molecule has 29 heavy (non-hydrogen) atoms. The van der Waals surface area contributed by atoms with Gasteiger partial charge in [0, 0.05) is 23.4 Å². The highest BCUT2D eigenvalue weighted by Gasteiger charge is 2.23. The van der Waals surface area contributed by atoms with Crippen molar-refractivity contribution in [3.63, 3.8) is 0 Å². The van der Waals surface area contributed by atoms with Crippen molar-refractivity contribution >= 4 is 23.4 Å². The maximum absolute atomic E-state index is 12.9. The number of aryl methyl sites for hydroxylation is 1. The second kappa shape index (κ2) is 10.4. The summed E-state index contributed by atoms with van der Waals surface area (Å²) in [6, 6.07) is 13.3. The molecule has 2 aromatic rings. The third kappa shape index (κ3) is 6.45. The average molecular weight is 396 g/mol. The Hall–Kier alpha value is -3.15. The van der Waals surface area contributed by atoms with Gasteiger partial charge in [-0.1, -0.05) is 38.1 Å². The number of nitrogens with one attached hydrogen (secondary N) is 3. The van der Waals surface area contributed by atoms with Crippen LogP contribution in [-0.4, -0.2) is 30.3 Å². The van der Waals surface area contributed by atoms with E-state index in [1.54, 1.807) is 36.4 Å². The summed E-state index contributed by atoms with van der Waals surface area (Å²) in [5.74, 6) is -0.576. The Kier molecular flexibility index (Phi) is 7.95. The molecule has 0 aromatic heterocycles. The first-order chi connectivity index (χ1) is 13.8. The topological polar surface area (TPSA) is 87.3 Å². The number of hydrogen-bond donors (Lipinski definition) is 3. The second-order valence-electron chi connectivity index (χ2n) is 7.40. The van der Waals surface area contributed by atoms with E-state index >= 15 is 0 Å². The van der Waals surface area contributed by atoms with Gasteiger partial charge >= 0.3 is 0 Å². The van der Waals surface area contributed by atoms with Crippen LogP contribution in [-0.2, 0) is 4.79 Å². The molecular formula is C23H29N3O3. The van der Waals surface area contributed by atoms with E-state index in [9.17, 15) is 14.4 Å². The summed E-state index contributed by atoms with van der Waals surface area (Å²) in [7, 11) is 0. The molecule has 0 heterocycles. The van der Waals surface area contributed by atoms with Gasteiger partial charge in [-0.3, -0.25) is 14.4 Å². The lowest BCUT2D eigenvalue weighted by molar-refractivity contribution is -0.118. The van der Waals surface area contributed by atoms with Gasteiger partial charge < -0.3 is 16.0 Å². The first-order valence-electron chi connectivity index (χ1n) is 9.87. The molecule has 0 aliphatic rings. The van der Waals surface area contributed by atoms with Gasteiger partial charge in [-0.15, -0.1) is 0 Å². The molecule has 2 aromatic carbocycles. The fourth-order valence-electron chi connectivity index (χ4n) is 3.00. The zero-order chi connectivity index (χ0) is 21.4. The van der Waals surface area contributed by atoms with Crippen molar-refractivity contribution in [2.24, 2.45) is 5.92 Å². The maximum atomic E-state index is 12.9. The molecule has 2 rings (SSSR count). The van der Waals surface area contributed by atoms with Crippen molar-refractivity contribution in [3.05, 3.63) is 65.2 Å². The lowest BCUT2D eigenvalue weighted by atomic mass is 10.0. The molecule has 0 aliphatic carbocycles. The quantitative estimate of drug-likeness (QED) is 0.639. The molecule has 0 radical (unpaired) electrons. The van der Waals surface area contributed by atoms with Crippen LogP contribution >= 0.6 is 0 Å². The Balaban J connectivity index is 2.15. The van der Waals surface area contributed by atoms with Crippen LogP contribution in [0.4, 0.5) is 5.69 Å². The van der Waals surface area contributed by atoms with Crippen LogP contribution in [0.2, 0.25) is 0 Å². The maximum Gasteiger partial charge on any atom is 0.252 e. The molecule has 6 heteroatoms. The van der Waals surface area contributed by atoms with E-state index in [1.807, 2.05) is 39.8 Å². The van der Waals surface area contributed by atoms with Gasteiger partial charge in [0.15, 0.2) is 0 Å². The Morgan fingerprint density at radius 2 is 1.69 bits per heavy atom. The molecule has 0 fully saturated rings. The van der Waals surface area contributed by atoms with Crippen molar-refractivity contribution in [1.29, 1.82) is 0 Å². The minimum absolute atomic E-state index is 0.199. The molecule has 6 nitrogen and oxygen atoms in total. The zero-order valence-electron chi connectivity index (χ0n) is 17.4. The summed E-state index contributed by atoms with van der Waals surface area (Å²) in [6.07, 6.45) is 0.499. The van der Waals surface area contributed by atoms with Crippen LogP contribution in [0.1, 0.15) is 53.5 Å². The molecule has 0 saturated heterocycles. The van der Waals surface area contributed by atoms with Gasteiger partial charge in [-0.05, 0) is 56.0 Å². The number of anilines is 1. The first kappa shape index (κ1) is 22.1. The van der Waals surface area contributed by atoms with Gasteiger partial charge in [0.2, 0.25) is 5.91 Å². The molecule has 1 atom stereocenters. The van der Waals surface area contributed by atoms with Gasteiger partial charge in [-0.2, -0.15) is 0 Å². The van der Waals surface area contributed by atoms with E-state index < -0.39 is 6.04 Å². The Labute approximate surface area is 172 Å². The van der Waals surface area contributed by atoms with E-state index in [1.165, 1.54) is 0 Å². The number of rotatable bonds is 8. The first-order valence-corrected chi connectivity index (χ1v) is 9.87. The average Bonchev–Trinajstić information content (AvgIpc) is 2.67. The number of carbonyl (C=O) groups excluding carboxylic acids is 3. The van der Waals surface area contributed by atoms with Crippen molar-refractivity contribution in [2.75, 3.05) is 11.9 Å². The third-order valence-electron chi connectivity index (χ3n) is 4.45. The van der Waals surface area contributed by atoms with Crippen molar-refractivity contribution in [2.45, 2.75) is 40.2 Å². The number of amides is 3. The zero-order valence-corrected chi connectivity index (χ0v) is 17.4. The second-order valence-corrected chi connectivity index (χ2v) is 7.40. The summed E-state index contributed by atoms with van der Waals surface area (Å²) in [5, 5.41) is 8.41. The Morgan fingerprint density at radius 1 is 0.966 bits per heavy atom. The van der Waals surface area contributed by atoms with E-state index in [-0.39, 0.29) is 23.6 Å². The summed E-state index contributed by atoms with van der Waals surface area (Å²) >= 11 is 0. The number of benzene rings is 2. The molecule has 0 aliphatic heterocycles. The van der Waals surface area contributed by atoms with Gasteiger partial charge in [0.25, 0.3) is 11.8 Å². The van der Waals surface area contributed by atoms with Crippen LogP contribution in [0.25, 0.3) is 0 Å². The van der Waals surface area contributed by atoms with Crippen LogP contribution < -0.4 is 16.0 Å². The van der Waals surface area contributed by atoms with Crippen LogP contribution in [0.3, 0.4) is 0 Å². The summed E-state index contributed by atoms with van der Waals surface area (Å²) in [6.45, 7) is 8.22. The van der Waals surface area contributed by atoms with E-state index in [2.05, 4.69) is 16.0 Å². The smallest absolute Gasteiger partial charge is 0.252 e. The highest BCUT2D eigenvalue weighted by Crippen LogP contribution is 2.14. The van der Waals surface area contributed by atoms with Crippen molar-refractivity contribution in [3.8, 4) is 0 Å². The summed E-state index contributed by atoms with van der Waals surface area (Å²) in [4.78, 5) is 37.6. The van der Waals surface area contributed by atoms with Gasteiger partial charge in [-0.25, -0.2) is 0 Å². The Morgan fingerprint density at radius 3 is 2.34 bits per heavy atom. The van der Waals surface area contributed by atoms with Crippen LogP contribution in [0, 0.1) is 12.8 Å². The van der Waals surface area contributed by atoms with Crippen LogP contribution in [0.5, 0.6) is 0 Å². The normalized spacial score (nSPS) is 11.6. The lowest BCUT2D eigenvalue weighted by Gasteiger charge is -2.21. The molecule has 154 valence electrons. The van der Waals surface area contributed by atoms with Crippen LogP contribution in [0.15, 0.2) is 48.5 Å². The highest BCUT2D eigenvalue weighted by atomic mass is 16.2. The highest BCUT2D eigenvalue weighted by molar-refractivity contribution is 6.02. The minimum atomic E-state index is -0.685.